The van der Waals surface area contributed by atoms with Crippen LogP contribution in [-0.4, -0.2) is 22.8 Å². The highest BCUT2D eigenvalue weighted by Gasteiger charge is 2.17. The van der Waals surface area contributed by atoms with E-state index in [2.05, 4.69) is 10.2 Å². The topological polar surface area (TPSA) is 52.1 Å². The molecule has 0 spiro atoms. The normalized spacial score (nSPS) is 10.0. The van der Waals surface area contributed by atoms with E-state index in [9.17, 15) is 4.79 Å². The summed E-state index contributed by atoms with van der Waals surface area (Å²) in [6, 6.07) is 0. The van der Waals surface area contributed by atoms with Crippen molar-refractivity contribution in [3.63, 3.8) is 0 Å². The number of nitrogens with zero attached hydrogens (tertiary/aromatic N) is 2. The van der Waals surface area contributed by atoms with Crippen molar-refractivity contribution >= 4 is 29.2 Å². The number of carbonyl (C=O) groups excluding carboxylic acids is 1. The molecule has 4 nitrogen and oxygen atoms in total. The van der Waals surface area contributed by atoms with Crippen molar-refractivity contribution in [3.05, 3.63) is 21.4 Å². The van der Waals surface area contributed by atoms with Gasteiger partial charge in [-0.15, -0.1) is 10.2 Å². The van der Waals surface area contributed by atoms with E-state index in [4.69, 9.17) is 27.9 Å². The first-order chi connectivity index (χ1) is 6.57. The van der Waals surface area contributed by atoms with Gasteiger partial charge in [0.25, 0.3) is 0 Å². The molecule has 1 heterocycles. The number of esters is 1. The Labute approximate surface area is 91.2 Å². The van der Waals surface area contributed by atoms with Crippen LogP contribution in [-0.2, 0) is 4.74 Å². The van der Waals surface area contributed by atoms with Gasteiger partial charge in [-0.25, -0.2) is 4.79 Å². The molecule has 1 aromatic heterocycles. The molecule has 0 radical (unpaired) electrons. The number of rotatable bonds is 2. The summed E-state index contributed by atoms with van der Waals surface area (Å²) >= 11 is 11.5. The van der Waals surface area contributed by atoms with E-state index < -0.39 is 5.97 Å². The van der Waals surface area contributed by atoms with Crippen LogP contribution >= 0.6 is 23.2 Å². The smallest absolute Gasteiger partial charge is 0.360 e. The van der Waals surface area contributed by atoms with Crippen LogP contribution in [0.3, 0.4) is 0 Å². The van der Waals surface area contributed by atoms with Crippen LogP contribution < -0.4 is 0 Å². The number of ether oxygens (including phenoxy) is 1. The van der Waals surface area contributed by atoms with Gasteiger partial charge in [0.2, 0.25) is 0 Å². The molecular formula is C8H8Cl2N2O2. The zero-order valence-electron chi connectivity index (χ0n) is 7.67. The number of carbonyl (C=O) groups is 1. The Morgan fingerprint density at radius 3 is 2.64 bits per heavy atom. The van der Waals surface area contributed by atoms with Crippen LogP contribution in [0.5, 0.6) is 0 Å². The number of aromatic nitrogens is 2. The van der Waals surface area contributed by atoms with Gasteiger partial charge >= 0.3 is 5.97 Å². The van der Waals surface area contributed by atoms with Crippen LogP contribution in [0.25, 0.3) is 0 Å². The molecule has 0 saturated heterocycles. The van der Waals surface area contributed by atoms with Gasteiger partial charge in [0, 0.05) is 5.56 Å². The maximum atomic E-state index is 11.3. The molecule has 0 bridgehead atoms. The lowest BCUT2D eigenvalue weighted by Crippen LogP contribution is -2.10. The third-order valence-corrected chi connectivity index (χ3v) is 2.37. The fourth-order valence-corrected chi connectivity index (χ4v) is 1.20. The molecule has 0 aliphatic rings. The standard InChI is InChI=1S/C8H8Cl2N2O2/c1-3-14-8(13)6-5(9)4(2)7(10)12-11-6/h3H2,1-2H3. The molecule has 76 valence electrons. The summed E-state index contributed by atoms with van der Waals surface area (Å²) in [5.41, 5.74) is 0.516. The molecular weight excluding hydrogens is 227 g/mol. The molecule has 14 heavy (non-hydrogen) atoms. The van der Waals surface area contributed by atoms with E-state index in [1.807, 2.05) is 0 Å². The second-order valence-corrected chi connectivity index (χ2v) is 3.23. The van der Waals surface area contributed by atoms with Crippen molar-refractivity contribution in [2.24, 2.45) is 0 Å². The second kappa shape index (κ2) is 4.57. The van der Waals surface area contributed by atoms with Gasteiger partial charge < -0.3 is 4.74 Å². The summed E-state index contributed by atoms with van der Waals surface area (Å²) < 4.78 is 4.73. The predicted octanol–water partition coefficient (Wildman–Crippen LogP) is 2.27. The second-order valence-electron chi connectivity index (χ2n) is 2.50. The molecule has 0 aromatic carbocycles. The van der Waals surface area contributed by atoms with E-state index in [1.165, 1.54) is 0 Å². The fourth-order valence-electron chi connectivity index (χ4n) is 0.811. The zero-order valence-corrected chi connectivity index (χ0v) is 9.19. The monoisotopic (exact) mass is 234 g/mol. The van der Waals surface area contributed by atoms with Crippen LogP contribution in [0.4, 0.5) is 0 Å². The van der Waals surface area contributed by atoms with Crippen LogP contribution in [0.2, 0.25) is 10.2 Å². The molecule has 0 aliphatic heterocycles. The molecule has 1 rings (SSSR count). The minimum Gasteiger partial charge on any atom is -0.461 e. The minimum absolute atomic E-state index is 0.00424. The summed E-state index contributed by atoms with van der Waals surface area (Å²) in [4.78, 5) is 11.3. The fraction of sp³-hybridized carbons (Fsp3) is 0.375. The van der Waals surface area contributed by atoms with Crippen LogP contribution in [0.15, 0.2) is 0 Å². The molecule has 0 fully saturated rings. The van der Waals surface area contributed by atoms with Crippen molar-refractivity contribution in [1.82, 2.24) is 10.2 Å². The van der Waals surface area contributed by atoms with Gasteiger partial charge in [0.15, 0.2) is 10.8 Å². The lowest BCUT2D eigenvalue weighted by atomic mass is 10.3. The third-order valence-electron chi connectivity index (χ3n) is 1.55. The third kappa shape index (κ3) is 2.13. The number of hydrogen-bond donors (Lipinski definition) is 0. The van der Waals surface area contributed by atoms with Crippen LogP contribution in [0, 0.1) is 6.92 Å². The highest BCUT2D eigenvalue weighted by atomic mass is 35.5. The average molecular weight is 235 g/mol. The van der Waals surface area contributed by atoms with Crippen molar-refractivity contribution < 1.29 is 9.53 Å². The summed E-state index contributed by atoms with van der Waals surface area (Å²) in [6.07, 6.45) is 0. The largest absolute Gasteiger partial charge is 0.461 e. The Kier molecular flexibility index (Phi) is 3.66. The molecule has 1 aromatic rings. The molecule has 0 N–H and O–H groups in total. The summed E-state index contributed by atoms with van der Waals surface area (Å²) in [6.45, 7) is 3.61. The van der Waals surface area contributed by atoms with Gasteiger partial charge in [-0.05, 0) is 13.8 Å². The summed E-state index contributed by atoms with van der Waals surface area (Å²) in [7, 11) is 0. The van der Waals surface area contributed by atoms with Gasteiger partial charge in [0.05, 0.1) is 11.6 Å². The zero-order chi connectivity index (χ0) is 10.7. The van der Waals surface area contributed by atoms with Crippen LogP contribution in [0.1, 0.15) is 23.0 Å². The lowest BCUT2D eigenvalue weighted by Gasteiger charge is -2.04. The quantitative estimate of drug-likeness (QED) is 0.737. The lowest BCUT2D eigenvalue weighted by molar-refractivity contribution is 0.0518. The van der Waals surface area contributed by atoms with E-state index in [1.54, 1.807) is 13.8 Å². The van der Waals surface area contributed by atoms with Crippen molar-refractivity contribution in [3.8, 4) is 0 Å². The predicted molar refractivity (Wildman–Crippen MR) is 52.7 cm³/mol. The molecule has 0 unspecified atom stereocenters. The Balaban J connectivity index is 3.11. The summed E-state index contributed by atoms with van der Waals surface area (Å²) in [5, 5.41) is 7.51. The highest BCUT2D eigenvalue weighted by molar-refractivity contribution is 6.36. The van der Waals surface area contributed by atoms with E-state index in [0.717, 1.165) is 0 Å². The first kappa shape index (κ1) is 11.2. The van der Waals surface area contributed by atoms with Crippen molar-refractivity contribution in [2.75, 3.05) is 6.61 Å². The van der Waals surface area contributed by atoms with Crippen molar-refractivity contribution in [1.29, 1.82) is 0 Å². The molecule has 0 amide bonds. The van der Waals surface area contributed by atoms with E-state index in [-0.39, 0.29) is 22.5 Å². The number of halogens is 2. The van der Waals surface area contributed by atoms with E-state index >= 15 is 0 Å². The molecule has 0 aliphatic carbocycles. The van der Waals surface area contributed by atoms with E-state index in [0.29, 0.717) is 5.56 Å². The highest BCUT2D eigenvalue weighted by Crippen LogP contribution is 2.23. The number of hydrogen-bond acceptors (Lipinski definition) is 4. The summed E-state index contributed by atoms with van der Waals surface area (Å²) in [5.74, 6) is -0.593. The minimum atomic E-state index is -0.593. The molecule has 0 atom stereocenters. The first-order valence-electron chi connectivity index (χ1n) is 3.93. The van der Waals surface area contributed by atoms with Gasteiger partial charge in [-0.3, -0.25) is 0 Å². The first-order valence-corrected chi connectivity index (χ1v) is 4.69. The van der Waals surface area contributed by atoms with Gasteiger partial charge in [-0.1, -0.05) is 23.2 Å². The Morgan fingerprint density at radius 1 is 1.43 bits per heavy atom. The van der Waals surface area contributed by atoms with Crippen molar-refractivity contribution in [2.45, 2.75) is 13.8 Å². The molecule has 6 heteroatoms. The van der Waals surface area contributed by atoms with Gasteiger partial charge in [-0.2, -0.15) is 0 Å². The Bertz CT molecular complexity index is 369. The SMILES string of the molecule is CCOC(=O)c1nnc(Cl)c(C)c1Cl. The maximum absolute atomic E-state index is 11.3. The Morgan fingerprint density at radius 2 is 2.07 bits per heavy atom. The Hall–Kier alpha value is -0.870. The van der Waals surface area contributed by atoms with Gasteiger partial charge in [0.1, 0.15) is 0 Å². The average Bonchev–Trinajstić information content (AvgIpc) is 2.15. The molecule has 0 saturated carbocycles. The maximum Gasteiger partial charge on any atom is 0.360 e.